The molecule has 82 valence electrons. The number of benzene rings is 2. The van der Waals surface area contributed by atoms with Gasteiger partial charge in [-0.25, -0.2) is 4.39 Å². The zero-order chi connectivity index (χ0) is 11.4. The lowest BCUT2D eigenvalue weighted by Crippen LogP contribution is -1.96. The molecule has 0 saturated heterocycles. The van der Waals surface area contributed by atoms with E-state index in [1.165, 1.54) is 12.1 Å². The van der Waals surface area contributed by atoms with Gasteiger partial charge in [-0.05, 0) is 23.8 Å². The summed E-state index contributed by atoms with van der Waals surface area (Å²) in [6, 6.07) is 14.0. The molecule has 0 aliphatic heterocycles. The Bertz CT molecular complexity index is 471. The Kier molecular flexibility index (Phi) is 3.42. The molecule has 1 nitrogen and oxygen atoms in total. The summed E-state index contributed by atoms with van der Waals surface area (Å²) in [6.45, 7) is 0.347. The lowest BCUT2D eigenvalue weighted by atomic mass is 10.2. The number of hydrogen-bond donors (Lipinski definition) is 0. The maximum absolute atomic E-state index is 13.3. The quantitative estimate of drug-likeness (QED) is 0.781. The SMILES string of the molecule is Fc1cc(Cl)ccc1OCc1ccccc1. The minimum Gasteiger partial charge on any atom is -0.486 e. The molecule has 0 aliphatic rings. The van der Waals surface area contributed by atoms with E-state index in [1.807, 2.05) is 30.3 Å². The minimum atomic E-state index is -0.441. The molecule has 0 amide bonds. The van der Waals surface area contributed by atoms with Crippen LogP contribution in [0.3, 0.4) is 0 Å². The Morgan fingerprint density at radius 1 is 1.06 bits per heavy atom. The van der Waals surface area contributed by atoms with Gasteiger partial charge in [0.25, 0.3) is 0 Å². The number of halogens is 2. The molecular formula is C13H10ClFO. The molecule has 0 unspecified atom stereocenters. The summed E-state index contributed by atoms with van der Waals surface area (Å²) in [5.74, 6) is -0.225. The van der Waals surface area contributed by atoms with Crippen LogP contribution in [0.1, 0.15) is 5.56 Å². The number of hydrogen-bond acceptors (Lipinski definition) is 1. The largest absolute Gasteiger partial charge is 0.486 e. The molecule has 0 fully saturated rings. The second kappa shape index (κ2) is 4.99. The van der Waals surface area contributed by atoms with Gasteiger partial charge >= 0.3 is 0 Å². The maximum Gasteiger partial charge on any atom is 0.166 e. The third-order valence-corrected chi connectivity index (χ3v) is 2.37. The monoisotopic (exact) mass is 236 g/mol. The van der Waals surface area contributed by atoms with E-state index in [2.05, 4.69) is 0 Å². The molecule has 0 spiro atoms. The lowest BCUT2D eigenvalue weighted by molar-refractivity contribution is 0.290. The van der Waals surface area contributed by atoms with Crippen molar-refractivity contribution < 1.29 is 9.13 Å². The van der Waals surface area contributed by atoms with Crippen LogP contribution in [-0.4, -0.2) is 0 Å². The third-order valence-electron chi connectivity index (χ3n) is 2.13. The van der Waals surface area contributed by atoms with Crippen LogP contribution in [-0.2, 0) is 6.61 Å². The lowest BCUT2D eigenvalue weighted by Gasteiger charge is -2.07. The van der Waals surface area contributed by atoms with Crippen molar-refractivity contribution in [2.45, 2.75) is 6.61 Å². The first-order chi connectivity index (χ1) is 7.75. The first kappa shape index (κ1) is 11.0. The summed E-state index contributed by atoms with van der Waals surface area (Å²) in [4.78, 5) is 0. The molecule has 0 saturated carbocycles. The van der Waals surface area contributed by atoms with E-state index in [0.29, 0.717) is 11.6 Å². The molecule has 3 heteroatoms. The summed E-state index contributed by atoms with van der Waals surface area (Å²) in [7, 11) is 0. The molecule has 0 heterocycles. The Hall–Kier alpha value is -1.54. The van der Waals surface area contributed by atoms with Gasteiger partial charge in [-0.2, -0.15) is 0 Å². The Labute approximate surface area is 98.4 Å². The fourth-order valence-electron chi connectivity index (χ4n) is 1.33. The predicted octanol–water partition coefficient (Wildman–Crippen LogP) is 4.06. The third kappa shape index (κ3) is 2.74. The molecule has 0 radical (unpaired) electrons. The average Bonchev–Trinajstić information content (AvgIpc) is 2.29. The van der Waals surface area contributed by atoms with E-state index in [4.69, 9.17) is 16.3 Å². The highest BCUT2D eigenvalue weighted by Crippen LogP contribution is 2.21. The van der Waals surface area contributed by atoms with Gasteiger partial charge in [-0.1, -0.05) is 41.9 Å². The van der Waals surface area contributed by atoms with Gasteiger partial charge < -0.3 is 4.74 Å². The molecule has 0 bridgehead atoms. The van der Waals surface area contributed by atoms with Crippen LogP contribution in [0, 0.1) is 5.82 Å². The molecule has 2 aromatic rings. The zero-order valence-electron chi connectivity index (χ0n) is 8.49. The Morgan fingerprint density at radius 3 is 2.50 bits per heavy atom. The van der Waals surface area contributed by atoms with Crippen LogP contribution in [0.2, 0.25) is 5.02 Å². The molecule has 2 aromatic carbocycles. The van der Waals surface area contributed by atoms with Crippen molar-refractivity contribution in [2.24, 2.45) is 0 Å². The van der Waals surface area contributed by atoms with Gasteiger partial charge in [0.15, 0.2) is 11.6 Å². The highest BCUT2D eigenvalue weighted by Gasteiger charge is 2.03. The minimum absolute atomic E-state index is 0.216. The summed E-state index contributed by atoms with van der Waals surface area (Å²) >= 11 is 5.64. The molecule has 16 heavy (non-hydrogen) atoms. The molecule has 0 N–H and O–H groups in total. The van der Waals surface area contributed by atoms with Gasteiger partial charge in [0.05, 0.1) is 0 Å². The van der Waals surface area contributed by atoms with Gasteiger partial charge in [0.1, 0.15) is 6.61 Å². The fourth-order valence-corrected chi connectivity index (χ4v) is 1.49. The molecule has 0 atom stereocenters. The summed E-state index contributed by atoms with van der Waals surface area (Å²) < 4.78 is 18.7. The van der Waals surface area contributed by atoms with Crippen LogP contribution in [0.5, 0.6) is 5.75 Å². The van der Waals surface area contributed by atoms with Crippen molar-refractivity contribution in [3.05, 3.63) is 64.9 Å². The number of ether oxygens (including phenoxy) is 1. The average molecular weight is 237 g/mol. The smallest absolute Gasteiger partial charge is 0.166 e. The van der Waals surface area contributed by atoms with E-state index in [1.54, 1.807) is 6.07 Å². The molecular weight excluding hydrogens is 227 g/mol. The fraction of sp³-hybridized carbons (Fsp3) is 0.0769. The molecule has 0 aliphatic carbocycles. The Balaban J connectivity index is 2.05. The highest BCUT2D eigenvalue weighted by atomic mass is 35.5. The number of rotatable bonds is 3. The predicted molar refractivity (Wildman–Crippen MR) is 62.2 cm³/mol. The van der Waals surface area contributed by atoms with Crippen molar-refractivity contribution in [1.82, 2.24) is 0 Å². The van der Waals surface area contributed by atoms with Gasteiger partial charge in [-0.15, -0.1) is 0 Å². The van der Waals surface area contributed by atoms with Crippen LogP contribution < -0.4 is 4.74 Å². The van der Waals surface area contributed by atoms with Crippen molar-refractivity contribution in [1.29, 1.82) is 0 Å². The second-order valence-electron chi connectivity index (χ2n) is 3.35. The van der Waals surface area contributed by atoms with E-state index in [-0.39, 0.29) is 5.75 Å². The van der Waals surface area contributed by atoms with E-state index in [9.17, 15) is 4.39 Å². The van der Waals surface area contributed by atoms with Crippen molar-refractivity contribution in [2.75, 3.05) is 0 Å². The Morgan fingerprint density at radius 2 is 1.81 bits per heavy atom. The van der Waals surface area contributed by atoms with Gasteiger partial charge in [-0.3, -0.25) is 0 Å². The summed E-state index contributed by atoms with van der Waals surface area (Å²) in [5, 5.41) is 0.365. The summed E-state index contributed by atoms with van der Waals surface area (Å²) in [6.07, 6.45) is 0. The first-order valence-corrected chi connectivity index (χ1v) is 5.25. The second-order valence-corrected chi connectivity index (χ2v) is 3.79. The van der Waals surface area contributed by atoms with Gasteiger partial charge in [0.2, 0.25) is 0 Å². The molecule has 2 rings (SSSR count). The van der Waals surface area contributed by atoms with Crippen molar-refractivity contribution in [3.63, 3.8) is 0 Å². The van der Waals surface area contributed by atoms with Crippen LogP contribution >= 0.6 is 11.6 Å². The first-order valence-electron chi connectivity index (χ1n) is 4.87. The van der Waals surface area contributed by atoms with E-state index >= 15 is 0 Å². The van der Waals surface area contributed by atoms with E-state index < -0.39 is 5.82 Å². The summed E-state index contributed by atoms with van der Waals surface area (Å²) in [5.41, 5.74) is 0.997. The van der Waals surface area contributed by atoms with Crippen LogP contribution in [0.15, 0.2) is 48.5 Å². The van der Waals surface area contributed by atoms with Crippen LogP contribution in [0.25, 0.3) is 0 Å². The molecule has 0 aromatic heterocycles. The standard InChI is InChI=1S/C13H10ClFO/c14-11-6-7-13(12(15)8-11)16-9-10-4-2-1-3-5-10/h1-8H,9H2. The maximum atomic E-state index is 13.3. The van der Waals surface area contributed by atoms with Crippen molar-refractivity contribution >= 4 is 11.6 Å². The highest BCUT2D eigenvalue weighted by molar-refractivity contribution is 6.30. The van der Waals surface area contributed by atoms with Crippen molar-refractivity contribution in [3.8, 4) is 5.75 Å². The van der Waals surface area contributed by atoms with Gasteiger partial charge in [0, 0.05) is 5.02 Å². The zero-order valence-corrected chi connectivity index (χ0v) is 9.25. The van der Waals surface area contributed by atoms with Crippen LogP contribution in [0.4, 0.5) is 4.39 Å². The van der Waals surface area contributed by atoms with E-state index in [0.717, 1.165) is 5.56 Å². The normalized spacial score (nSPS) is 10.1. The topological polar surface area (TPSA) is 9.23 Å².